The summed E-state index contributed by atoms with van der Waals surface area (Å²) < 4.78 is 1.31. The van der Waals surface area contributed by atoms with E-state index < -0.39 is 0 Å². The van der Waals surface area contributed by atoms with Crippen molar-refractivity contribution in [3.63, 3.8) is 0 Å². The Labute approximate surface area is 105 Å². The van der Waals surface area contributed by atoms with Gasteiger partial charge >= 0.3 is 0 Å². The maximum Gasteiger partial charge on any atom is 0.108 e. The molecule has 0 amide bonds. The average Bonchev–Trinajstić information content (AvgIpc) is 2.74. The van der Waals surface area contributed by atoms with Crippen LogP contribution in [0.15, 0.2) is 18.2 Å². The number of benzene rings is 1. The zero-order chi connectivity index (χ0) is 11.7. The van der Waals surface area contributed by atoms with Gasteiger partial charge in [0.25, 0.3) is 0 Å². The average molecular weight is 247 g/mol. The van der Waals surface area contributed by atoms with Gasteiger partial charge in [0, 0.05) is 26.2 Å². The van der Waals surface area contributed by atoms with Crippen molar-refractivity contribution in [1.82, 2.24) is 15.2 Å². The van der Waals surface area contributed by atoms with Crippen LogP contribution in [0, 0.1) is 6.92 Å². The van der Waals surface area contributed by atoms with E-state index in [0.29, 0.717) is 0 Å². The van der Waals surface area contributed by atoms with Crippen molar-refractivity contribution < 1.29 is 0 Å². The summed E-state index contributed by atoms with van der Waals surface area (Å²) in [5.74, 6) is 0. The summed E-state index contributed by atoms with van der Waals surface area (Å²) in [5.41, 5.74) is 2.47. The Bertz CT molecular complexity index is 514. The fourth-order valence-electron chi connectivity index (χ4n) is 2.26. The predicted molar refractivity (Wildman–Crippen MR) is 72.5 cm³/mol. The second-order valence-electron chi connectivity index (χ2n) is 4.56. The van der Waals surface area contributed by atoms with Gasteiger partial charge in [0.05, 0.1) is 16.8 Å². The molecule has 2 aromatic rings. The number of piperazine rings is 1. The molecule has 4 heteroatoms. The minimum absolute atomic E-state index is 1.00. The van der Waals surface area contributed by atoms with E-state index in [1.54, 1.807) is 0 Å². The summed E-state index contributed by atoms with van der Waals surface area (Å²) in [4.78, 5) is 7.24. The van der Waals surface area contributed by atoms with Gasteiger partial charge < -0.3 is 5.32 Å². The lowest BCUT2D eigenvalue weighted by molar-refractivity contribution is 0.233. The number of aryl methyl sites for hydroxylation is 1. The van der Waals surface area contributed by atoms with Crippen molar-refractivity contribution in [2.45, 2.75) is 13.5 Å². The van der Waals surface area contributed by atoms with Gasteiger partial charge in [-0.1, -0.05) is 12.1 Å². The molecular weight excluding hydrogens is 230 g/mol. The normalized spacial score (nSPS) is 17.7. The Hall–Kier alpha value is -0.970. The SMILES string of the molecule is Cc1cccc2sc(CN3CCNCC3)nc12. The first-order chi connectivity index (χ1) is 8.33. The van der Waals surface area contributed by atoms with Crippen LogP contribution in [0.1, 0.15) is 10.6 Å². The molecule has 1 aromatic heterocycles. The van der Waals surface area contributed by atoms with Crippen LogP contribution in [0.4, 0.5) is 0 Å². The van der Waals surface area contributed by atoms with Crippen molar-refractivity contribution in [3.8, 4) is 0 Å². The molecule has 0 spiro atoms. The van der Waals surface area contributed by atoms with Crippen LogP contribution < -0.4 is 5.32 Å². The van der Waals surface area contributed by atoms with Crippen molar-refractivity contribution in [2.75, 3.05) is 26.2 Å². The summed E-state index contributed by atoms with van der Waals surface area (Å²) >= 11 is 1.83. The van der Waals surface area contributed by atoms with Gasteiger partial charge in [-0.2, -0.15) is 0 Å². The highest BCUT2D eigenvalue weighted by Gasteiger charge is 2.13. The van der Waals surface area contributed by atoms with Gasteiger partial charge in [0.1, 0.15) is 5.01 Å². The number of rotatable bonds is 2. The molecule has 0 saturated carbocycles. The zero-order valence-corrected chi connectivity index (χ0v) is 10.9. The molecule has 0 unspecified atom stereocenters. The molecule has 1 N–H and O–H groups in total. The molecule has 0 radical (unpaired) electrons. The first kappa shape index (κ1) is 11.1. The second kappa shape index (κ2) is 4.72. The van der Waals surface area contributed by atoms with Crippen LogP contribution in [0.25, 0.3) is 10.2 Å². The monoisotopic (exact) mass is 247 g/mol. The molecule has 1 fully saturated rings. The maximum atomic E-state index is 4.76. The molecule has 1 aromatic carbocycles. The van der Waals surface area contributed by atoms with E-state index in [0.717, 1.165) is 32.7 Å². The molecule has 0 atom stereocenters. The Morgan fingerprint density at radius 2 is 2.18 bits per heavy atom. The van der Waals surface area contributed by atoms with E-state index in [4.69, 9.17) is 4.98 Å². The molecule has 90 valence electrons. The van der Waals surface area contributed by atoms with Crippen LogP contribution in [0.5, 0.6) is 0 Å². The highest BCUT2D eigenvalue weighted by Crippen LogP contribution is 2.25. The fourth-order valence-corrected chi connectivity index (χ4v) is 3.35. The number of aromatic nitrogens is 1. The third kappa shape index (κ3) is 2.34. The Morgan fingerprint density at radius 3 is 2.94 bits per heavy atom. The van der Waals surface area contributed by atoms with Crippen LogP contribution in [0.2, 0.25) is 0 Å². The number of hydrogen-bond donors (Lipinski definition) is 1. The number of para-hydroxylation sites is 1. The number of hydrogen-bond acceptors (Lipinski definition) is 4. The Balaban J connectivity index is 1.83. The van der Waals surface area contributed by atoms with E-state index >= 15 is 0 Å². The van der Waals surface area contributed by atoms with E-state index in [-0.39, 0.29) is 0 Å². The van der Waals surface area contributed by atoms with Crippen LogP contribution in [-0.4, -0.2) is 36.1 Å². The first-order valence-electron chi connectivity index (χ1n) is 6.11. The predicted octanol–water partition coefficient (Wildman–Crippen LogP) is 2.01. The molecule has 0 bridgehead atoms. The summed E-state index contributed by atoms with van der Waals surface area (Å²) in [7, 11) is 0. The van der Waals surface area contributed by atoms with Gasteiger partial charge in [-0.15, -0.1) is 11.3 Å². The summed E-state index contributed by atoms with van der Waals surface area (Å²) in [5, 5.41) is 4.62. The molecule has 2 heterocycles. The van der Waals surface area contributed by atoms with E-state index in [1.165, 1.54) is 20.8 Å². The zero-order valence-electron chi connectivity index (χ0n) is 10.1. The molecule has 1 aliphatic heterocycles. The van der Waals surface area contributed by atoms with Gasteiger partial charge in [0.2, 0.25) is 0 Å². The summed E-state index contributed by atoms with van der Waals surface area (Å²) in [6.45, 7) is 7.61. The van der Waals surface area contributed by atoms with E-state index in [9.17, 15) is 0 Å². The van der Waals surface area contributed by atoms with Crippen LogP contribution in [-0.2, 0) is 6.54 Å². The fraction of sp³-hybridized carbons (Fsp3) is 0.462. The first-order valence-corrected chi connectivity index (χ1v) is 6.93. The van der Waals surface area contributed by atoms with Crippen molar-refractivity contribution in [2.24, 2.45) is 0 Å². The summed E-state index contributed by atoms with van der Waals surface area (Å²) in [6, 6.07) is 6.42. The largest absolute Gasteiger partial charge is 0.314 e. The molecular formula is C13H17N3S. The quantitative estimate of drug-likeness (QED) is 0.880. The van der Waals surface area contributed by atoms with Crippen LogP contribution >= 0.6 is 11.3 Å². The number of nitrogens with zero attached hydrogens (tertiary/aromatic N) is 2. The van der Waals surface area contributed by atoms with Gasteiger partial charge in [0.15, 0.2) is 0 Å². The molecule has 1 aliphatic rings. The maximum absolute atomic E-state index is 4.76. The summed E-state index contributed by atoms with van der Waals surface area (Å²) in [6.07, 6.45) is 0. The van der Waals surface area contributed by atoms with Crippen molar-refractivity contribution in [3.05, 3.63) is 28.8 Å². The molecule has 1 saturated heterocycles. The topological polar surface area (TPSA) is 28.2 Å². The molecule has 17 heavy (non-hydrogen) atoms. The molecule has 3 nitrogen and oxygen atoms in total. The van der Waals surface area contributed by atoms with Gasteiger partial charge in [-0.3, -0.25) is 4.90 Å². The third-order valence-corrected chi connectivity index (χ3v) is 4.24. The lowest BCUT2D eigenvalue weighted by Gasteiger charge is -2.26. The number of fused-ring (bicyclic) bond motifs is 1. The standard InChI is InChI=1S/C13H17N3S/c1-10-3-2-4-11-13(10)15-12(17-11)9-16-7-5-14-6-8-16/h2-4,14H,5-9H2,1H3. The Kier molecular flexibility index (Phi) is 3.09. The van der Waals surface area contributed by atoms with Crippen molar-refractivity contribution >= 4 is 21.6 Å². The van der Waals surface area contributed by atoms with Crippen molar-refractivity contribution in [1.29, 1.82) is 0 Å². The number of nitrogens with one attached hydrogen (secondary N) is 1. The minimum atomic E-state index is 1.00. The smallest absolute Gasteiger partial charge is 0.108 e. The molecule has 3 rings (SSSR count). The lowest BCUT2D eigenvalue weighted by Crippen LogP contribution is -2.42. The minimum Gasteiger partial charge on any atom is -0.314 e. The highest BCUT2D eigenvalue weighted by molar-refractivity contribution is 7.18. The van der Waals surface area contributed by atoms with Gasteiger partial charge in [-0.25, -0.2) is 4.98 Å². The lowest BCUT2D eigenvalue weighted by atomic mass is 10.2. The van der Waals surface area contributed by atoms with E-state index in [2.05, 4.69) is 35.3 Å². The molecule has 0 aliphatic carbocycles. The highest BCUT2D eigenvalue weighted by atomic mass is 32.1. The second-order valence-corrected chi connectivity index (χ2v) is 5.67. The van der Waals surface area contributed by atoms with E-state index in [1.807, 2.05) is 11.3 Å². The third-order valence-electron chi connectivity index (χ3n) is 3.23. The Morgan fingerprint density at radius 1 is 1.35 bits per heavy atom. The number of thiazole rings is 1. The van der Waals surface area contributed by atoms with Crippen LogP contribution in [0.3, 0.4) is 0 Å². The van der Waals surface area contributed by atoms with Gasteiger partial charge in [-0.05, 0) is 18.6 Å².